The molecule has 4 rings (SSSR count). The lowest BCUT2D eigenvalue weighted by Crippen LogP contribution is -2.37. The van der Waals surface area contributed by atoms with Crippen LogP contribution in [0, 0.1) is 6.92 Å². The molecule has 26 heavy (non-hydrogen) atoms. The highest BCUT2D eigenvalue weighted by molar-refractivity contribution is 6.45. The zero-order chi connectivity index (χ0) is 18.4. The van der Waals surface area contributed by atoms with Crippen LogP contribution in [0.5, 0.6) is 0 Å². The van der Waals surface area contributed by atoms with Gasteiger partial charge in [-0.2, -0.15) is 0 Å². The predicted molar refractivity (Wildman–Crippen MR) is 102 cm³/mol. The summed E-state index contributed by atoms with van der Waals surface area (Å²) in [6, 6.07) is 5.80. The SMILES string of the molecule is Cc1cc(-c2cc(Cl)c(Cl)c3[nH]c4c(c23)CN(C(=O)CO)CC4)ccn1. The number of rotatable bonds is 2. The molecule has 3 aromatic rings. The molecule has 0 atom stereocenters. The third-order valence-corrected chi connectivity index (χ3v) is 5.63. The second-order valence-electron chi connectivity index (χ2n) is 6.46. The molecule has 1 aromatic carbocycles. The number of carbonyl (C=O) groups is 1. The summed E-state index contributed by atoms with van der Waals surface area (Å²) < 4.78 is 0. The van der Waals surface area contributed by atoms with Crippen LogP contribution in [0.2, 0.25) is 10.0 Å². The minimum atomic E-state index is -0.485. The number of hydrogen-bond donors (Lipinski definition) is 2. The standard InChI is InChI=1S/C19H17Cl2N3O2/c1-10-6-11(2-4-22-10)12-7-14(20)18(21)19-17(12)13-8-24(16(26)9-25)5-3-15(13)23-19/h2,4,6-7,23,25H,3,5,8-9H2,1H3. The van der Waals surface area contributed by atoms with Crippen LogP contribution in [0.15, 0.2) is 24.4 Å². The Hall–Kier alpha value is -2.08. The molecule has 7 heteroatoms. The Balaban J connectivity index is 1.97. The Morgan fingerprint density at radius 1 is 1.38 bits per heavy atom. The number of aromatic amines is 1. The number of aryl methyl sites for hydroxylation is 1. The first kappa shape index (κ1) is 17.3. The van der Waals surface area contributed by atoms with E-state index in [-0.39, 0.29) is 5.91 Å². The van der Waals surface area contributed by atoms with Crippen LogP contribution < -0.4 is 0 Å². The van der Waals surface area contributed by atoms with Crippen molar-refractivity contribution in [2.24, 2.45) is 0 Å². The molecule has 1 aliphatic heterocycles. The summed E-state index contributed by atoms with van der Waals surface area (Å²) in [6.45, 7) is 2.45. The van der Waals surface area contributed by atoms with Crippen LogP contribution in [0.25, 0.3) is 22.0 Å². The smallest absolute Gasteiger partial charge is 0.248 e. The van der Waals surface area contributed by atoms with Crippen molar-refractivity contribution >= 4 is 40.0 Å². The number of pyridine rings is 1. The van der Waals surface area contributed by atoms with Crippen LogP contribution in [0.3, 0.4) is 0 Å². The second kappa shape index (κ2) is 6.58. The first-order valence-electron chi connectivity index (χ1n) is 8.32. The quantitative estimate of drug-likeness (QED) is 0.701. The fourth-order valence-electron chi connectivity index (χ4n) is 3.59. The van der Waals surface area contributed by atoms with Crippen LogP contribution in [-0.4, -0.2) is 39.0 Å². The maximum atomic E-state index is 12.0. The number of hydrogen-bond acceptors (Lipinski definition) is 3. The molecule has 2 N–H and O–H groups in total. The Bertz CT molecular complexity index is 1030. The van der Waals surface area contributed by atoms with Crippen LogP contribution in [-0.2, 0) is 17.8 Å². The van der Waals surface area contributed by atoms with Gasteiger partial charge in [0.1, 0.15) is 6.61 Å². The van der Waals surface area contributed by atoms with E-state index in [0.717, 1.165) is 39.0 Å². The molecule has 0 radical (unpaired) electrons. The number of nitrogens with zero attached hydrogens (tertiary/aromatic N) is 2. The van der Waals surface area contributed by atoms with E-state index in [9.17, 15) is 9.90 Å². The number of fused-ring (bicyclic) bond motifs is 3. The van der Waals surface area contributed by atoms with E-state index in [1.165, 1.54) is 0 Å². The van der Waals surface area contributed by atoms with Gasteiger partial charge in [-0.1, -0.05) is 23.2 Å². The normalized spacial score (nSPS) is 13.9. The van der Waals surface area contributed by atoms with Crippen molar-refractivity contribution in [3.05, 3.63) is 51.4 Å². The average molecular weight is 390 g/mol. The lowest BCUT2D eigenvalue weighted by molar-refractivity contribution is -0.135. The van der Waals surface area contributed by atoms with E-state index in [1.54, 1.807) is 11.1 Å². The monoisotopic (exact) mass is 389 g/mol. The van der Waals surface area contributed by atoms with Gasteiger partial charge in [0.05, 0.1) is 15.6 Å². The van der Waals surface area contributed by atoms with E-state index in [1.807, 2.05) is 25.1 Å². The van der Waals surface area contributed by atoms with Crippen molar-refractivity contribution < 1.29 is 9.90 Å². The number of carbonyl (C=O) groups excluding carboxylic acids is 1. The summed E-state index contributed by atoms with van der Waals surface area (Å²) in [6.07, 6.45) is 2.44. The number of nitrogens with one attached hydrogen (secondary N) is 1. The predicted octanol–water partition coefficient (Wildman–Crippen LogP) is 3.72. The minimum Gasteiger partial charge on any atom is -0.387 e. The van der Waals surface area contributed by atoms with Crippen molar-refractivity contribution in [3.8, 4) is 11.1 Å². The Kier molecular flexibility index (Phi) is 4.39. The molecule has 0 saturated carbocycles. The van der Waals surface area contributed by atoms with E-state index >= 15 is 0 Å². The summed E-state index contributed by atoms with van der Waals surface area (Å²) in [4.78, 5) is 21.3. The van der Waals surface area contributed by atoms with Gasteiger partial charge in [0.25, 0.3) is 0 Å². The zero-order valence-electron chi connectivity index (χ0n) is 14.1. The van der Waals surface area contributed by atoms with Gasteiger partial charge in [-0.3, -0.25) is 9.78 Å². The molecule has 0 aliphatic carbocycles. The number of aliphatic hydroxyl groups excluding tert-OH is 1. The highest BCUT2D eigenvalue weighted by Gasteiger charge is 2.26. The molecular weight excluding hydrogens is 373 g/mol. The number of amides is 1. The first-order valence-corrected chi connectivity index (χ1v) is 9.08. The van der Waals surface area contributed by atoms with Crippen molar-refractivity contribution in [2.45, 2.75) is 19.9 Å². The van der Waals surface area contributed by atoms with Crippen LogP contribution in [0.4, 0.5) is 0 Å². The number of aromatic nitrogens is 2. The molecule has 0 fully saturated rings. The van der Waals surface area contributed by atoms with E-state index in [2.05, 4.69) is 9.97 Å². The number of benzene rings is 1. The Morgan fingerprint density at radius 3 is 2.92 bits per heavy atom. The van der Waals surface area contributed by atoms with Gasteiger partial charge >= 0.3 is 0 Å². The molecule has 3 heterocycles. The van der Waals surface area contributed by atoms with Gasteiger partial charge in [0.15, 0.2) is 0 Å². The van der Waals surface area contributed by atoms with E-state index in [4.69, 9.17) is 23.2 Å². The lowest BCUT2D eigenvalue weighted by atomic mass is 9.96. The lowest BCUT2D eigenvalue weighted by Gasteiger charge is -2.27. The molecule has 1 aliphatic rings. The molecule has 0 spiro atoms. The fraction of sp³-hybridized carbons (Fsp3) is 0.263. The fourth-order valence-corrected chi connectivity index (χ4v) is 3.99. The van der Waals surface area contributed by atoms with Crippen LogP contribution in [0.1, 0.15) is 17.0 Å². The maximum Gasteiger partial charge on any atom is 0.248 e. The maximum absolute atomic E-state index is 12.0. The van der Waals surface area contributed by atoms with Crippen molar-refractivity contribution in [3.63, 3.8) is 0 Å². The van der Waals surface area contributed by atoms with Gasteiger partial charge in [-0.15, -0.1) is 0 Å². The summed E-state index contributed by atoms with van der Waals surface area (Å²) >= 11 is 12.8. The van der Waals surface area contributed by atoms with Gasteiger partial charge in [0.2, 0.25) is 5.91 Å². The Labute approximate surface area is 160 Å². The number of H-pyrrole nitrogens is 1. The topological polar surface area (TPSA) is 69.2 Å². The minimum absolute atomic E-state index is 0.272. The molecule has 5 nitrogen and oxygen atoms in total. The summed E-state index contributed by atoms with van der Waals surface area (Å²) in [5.74, 6) is -0.272. The second-order valence-corrected chi connectivity index (χ2v) is 7.25. The van der Waals surface area contributed by atoms with E-state index < -0.39 is 6.61 Å². The third-order valence-electron chi connectivity index (χ3n) is 4.84. The van der Waals surface area contributed by atoms with Crippen molar-refractivity contribution in [1.29, 1.82) is 0 Å². The van der Waals surface area contributed by atoms with Gasteiger partial charge < -0.3 is 15.0 Å². The van der Waals surface area contributed by atoms with Gasteiger partial charge in [-0.05, 0) is 36.2 Å². The summed E-state index contributed by atoms with van der Waals surface area (Å²) in [5.41, 5.74) is 5.72. The Morgan fingerprint density at radius 2 is 2.19 bits per heavy atom. The summed E-state index contributed by atoms with van der Waals surface area (Å²) in [5, 5.41) is 11.1. The molecule has 0 bridgehead atoms. The van der Waals surface area contributed by atoms with Crippen LogP contribution >= 0.6 is 23.2 Å². The highest BCUT2D eigenvalue weighted by atomic mass is 35.5. The molecule has 1 amide bonds. The number of halogens is 2. The summed E-state index contributed by atoms with van der Waals surface area (Å²) in [7, 11) is 0. The molecular formula is C19H17Cl2N3O2. The molecule has 0 saturated heterocycles. The average Bonchev–Trinajstić information content (AvgIpc) is 3.03. The highest BCUT2D eigenvalue weighted by Crippen LogP contribution is 2.42. The van der Waals surface area contributed by atoms with Gasteiger partial charge in [-0.25, -0.2) is 0 Å². The van der Waals surface area contributed by atoms with Crippen molar-refractivity contribution in [2.75, 3.05) is 13.2 Å². The first-order chi connectivity index (χ1) is 12.5. The van der Waals surface area contributed by atoms with Gasteiger partial charge in [0, 0.05) is 48.0 Å². The van der Waals surface area contributed by atoms with E-state index in [0.29, 0.717) is 29.6 Å². The molecule has 134 valence electrons. The molecule has 0 unspecified atom stereocenters. The number of aliphatic hydroxyl groups is 1. The van der Waals surface area contributed by atoms with Crippen molar-refractivity contribution in [1.82, 2.24) is 14.9 Å². The third kappa shape index (κ3) is 2.76. The molecule has 2 aromatic heterocycles. The zero-order valence-corrected chi connectivity index (χ0v) is 15.7. The largest absolute Gasteiger partial charge is 0.387 e.